The fourth-order valence-electron chi connectivity index (χ4n) is 1.96. The molecule has 2 N–H and O–H groups in total. The van der Waals surface area contributed by atoms with Gasteiger partial charge in [0.1, 0.15) is 18.2 Å². The molecule has 1 aromatic heterocycles. The van der Waals surface area contributed by atoms with Crippen molar-refractivity contribution in [2.24, 2.45) is 0 Å². The van der Waals surface area contributed by atoms with Gasteiger partial charge in [0.2, 0.25) is 5.89 Å². The van der Waals surface area contributed by atoms with Crippen molar-refractivity contribution >= 4 is 40.8 Å². The first kappa shape index (κ1) is 16.4. The van der Waals surface area contributed by atoms with Gasteiger partial charge < -0.3 is 14.9 Å². The van der Waals surface area contributed by atoms with Crippen LogP contribution in [-0.4, -0.2) is 10.2 Å². The molecule has 24 heavy (non-hydrogen) atoms. The number of nitrogen functional groups attached to an aromatic ring is 1. The van der Waals surface area contributed by atoms with E-state index in [-0.39, 0.29) is 11.8 Å². The zero-order valence-corrected chi connectivity index (χ0v) is 14.6. The average Bonchev–Trinajstić information content (AvgIpc) is 2.99. The summed E-state index contributed by atoms with van der Waals surface area (Å²) >= 11 is 2.20. The lowest BCUT2D eigenvalue weighted by Crippen LogP contribution is -1.97. The van der Waals surface area contributed by atoms with E-state index in [1.54, 1.807) is 18.2 Å². The van der Waals surface area contributed by atoms with E-state index in [1.165, 1.54) is 12.1 Å². The topological polar surface area (TPSA) is 74.2 Å². The van der Waals surface area contributed by atoms with Gasteiger partial charge in [0.15, 0.2) is 0 Å². The predicted molar refractivity (Wildman–Crippen MR) is 97.5 cm³/mol. The molecule has 0 aliphatic rings. The van der Waals surface area contributed by atoms with Crippen molar-refractivity contribution in [3.05, 3.63) is 68.9 Å². The Kier molecular flexibility index (Phi) is 5.09. The van der Waals surface area contributed by atoms with Crippen LogP contribution >= 0.6 is 22.6 Å². The molecule has 1 heterocycles. The summed E-state index contributed by atoms with van der Waals surface area (Å²) in [5.74, 6) is 0.853. The van der Waals surface area contributed by atoms with Gasteiger partial charge in [-0.3, -0.25) is 0 Å². The summed E-state index contributed by atoms with van der Waals surface area (Å²) in [5, 5.41) is 7.34. The third kappa shape index (κ3) is 4.31. The number of benzene rings is 2. The van der Waals surface area contributed by atoms with Crippen LogP contribution in [0.5, 0.6) is 5.75 Å². The largest absolute Gasteiger partial charge is 0.488 e. The molecule has 0 fully saturated rings. The lowest BCUT2D eigenvalue weighted by molar-refractivity contribution is 0.304. The van der Waals surface area contributed by atoms with Crippen LogP contribution in [0, 0.1) is 9.39 Å². The van der Waals surface area contributed by atoms with Crippen molar-refractivity contribution in [1.82, 2.24) is 10.2 Å². The third-order valence-corrected chi connectivity index (χ3v) is 3.98. The number of hydrogen-bond donors (Lipinski definition) is 1. The fraction of sp³-hybridized carbons (Fsp3) is 0.0588. The monoisotopic (exact) mass is 437 g/mol. The smallest absolute Gasteiger partial charge is 0.313 e. The molecule has 0 saturated heterocycles. The Bertz CT molecular complexity index is 863. The molecular weight excluding hydrogens is 424 g/mol. The molecule has 0 amide bonds. The second-order valence-electron chi connectivity index (χ2n) is 4.92. The number of hydrogen-bond acceptors (Lipinski definition) is 5. The molecule has 0 aliphatic heterocycles. The molecule has 0 spiro atoms. The average molecular weight is 437 g/mol. The first-order valence-corrected chi connectivity index (χ1v) is 8.12. The van der Waals surface area contributed by atoms with Gasteiger partial charge >= 0.3 is 6.01 Å². The van der Waals surface area contributed by atoms with Crippen LogP contribution in [0.4, 0.5) is 10.4 Å². The molecule has 3 aromatic rings. The Hall–Kier alpha value is -2.42. The molecule has 0 saturated carbocycles. The van der Waals surface area contributed by atoms with E-state index in [9.17, 15) is 4.39 Å². The Morgan fingerprint density at radius 2 is 1.92 bits per heavy atom. The molecule has 122 valence electrons. The van der Waals surface area contributed by atoms with Crippen LogP contribution in [0.15, 0.2) is 46.9 Å². The highest BCUT2D eigenvalue weighted by atomic mass is 127. The zero-order valence-electron chi connectivity index (χ0n) is 12.4. The van der Waals surface area contributed by atoms with Gasteiger partial charge in [0.05, 0.1) is 3.57 Å². The molecule has 3 rings (SSSR count). The summed E-state index contributed by atoms with van der Waals surface area (Å²) in [5.41, 5.74) is 7.24. The van der Waals surface area contributed by atoms with E-state index < -0.39 is 0 Å². The van der Waals surface area contributed by atoms with Crippen molar-refractivity contribution in [3.8, 4) is 5.75 Å². The quantitative estimate of drug-likeness (QED) is 0.608. The van der Waals surface area contributed by atoms with Gasteiger partial charge in [-0.05, 0) is 64.1 Å². The van der Waals surface area contributed by atoms with Crippen LogP contribution in [0.25, 0.3) is 12.2 Å². The first-order valence-electron chi connectivity index (χ1n) is 7.04. The van der Waals surface area contributed by atoms with Crippen molar-refractivity contribution in [3.63, 3.8) is 0 Å². The summed E-state index contributed by atoms with van der Waals surface area (Å²) in [6.45, 7) is 0.382. The molecular formula is C17H13FIN3O2. The van der Waals surface area contributed by atoms with E-state index in [0.29, 0.717) is 12.5 Å². The minimum absolute atomic E-state index is 0.0359. The van der Waals surface area contributed by atoms with Crippen LogP contribution in [0.2, 0.25) is 0 Å². The predicted octanol–water partition coefficient (Wildman–Crippen LogP) is 4.14. The fourth-order valence-corrected chi connectivity index (χ4v) is 2.66. The molecule has 7 heteroatoms. The Morgan fingerprint density at radius 3 is 2.58 bits per heavy atom. The van der Waals surface area contributed by atoms with Gasteiger partial charge in [-0.2, -0.15) is 0 Å². The van der Waals surface area contributed by atoms with Gasteiger partial charge in [-0.25, -0.2) is 4.39 Å². The molecule has 0 aliphatic carbocycles. The highest BCUT2D eigenvalue weighted by Gasteiger charge is 2.03. The summed E-state index contributed by atoms with van der Waals surface area (Å²) in [4.78, 5) is 0. The van der Waals surface area contributed by atoms with Crippen molar-refractivity contribution in [2.75, 3.05) is 5.73 Å². The van der Waals surface area contributed by atoms with Gasteiger partial charge in [0, 0.05) is 6.08 Å². The third-order valence-electron chi connectivity index (χ3n) is 3.14. The highest BCUT2D eigenvalue weighted by molar-refractivity contribution is 14.1. The lowest BCUT2D eigenvalue weighted by atomic mass is 10.2. The van der Waals surface area contributed by atoms with E-state index >= 15 is 0 Å². The van der Waals surface area contributed by atoms with E-state index in [1.807, 2.05) is 24.3 Å². The number of nitrogens with zero attached hydrogens (tertiary/aromatic N) is 2. The summed E-state index contributed by atoms with van der Waals surface area (Å²) in [6.07, 6.45) is 3.53. The number of ether oxygens (including phenoxy) is 1. The maximum atomic E-state index is 12.9. The molecule has 0 bridgehead atoms. The summed E-state index contributed by atoms with van der Waals surface area (Å²) in [6, 6.07) is 12.0. The van der Waals surface area contributed by atoms with E-state index in [0.717, 1.165) is 20.4 Å². The Balaban J connectivity index is 1.65. The van der Waals surface area contributed by atoms with Crippen LogP contribution < -0.4 is 10.5 Å². The van der Waals surface area contributed by atoms with Crippen LogP contribution in [0.1, 0.15) is 17.0 Å². The number of anilines is 1. The maximum absolute atomic E-state index is 12.9. The van der Waals surface area contributed by atoms with Gasteiger partial charge in [-0.1, -0.05) is 23.3 Å². The standard InChI is InChI=1S/C17H13FIN3O2/c18-13-5-1-12(2-6-13)10-23-15-7-3-11(9-14(15)19)4-8-16-21-22-17(20)24-16/h1-9H,10H2,(H2,20,22)/b8-4+. The van der Waals surface area contributed by atoms with Crippen LogP contribution in [0.3, 0.4) is 0 Å². The Labute approximate surface area is 151 Å². The maximum Gasteiger partial charge on any atom is 0.313 e. The van der Waals surface area contributed by atoms with E-state index in [4.69, 9.17) is 14.9 Å². The molecule has 0 radical (unpaired) electrons. The van der Waals surface area contributed by atoms with Crippen LogP contribution in [-0.2, 0) is 6.61 Å². The zero-order chi connectivity index (χ0) is 16.9. The number of rotatable bonds is 5. The molecule has 0 atom stereocenters. The molecule has 5 nitrogen and oxygen atoms in total. The van der Waals surface area contributed by atoms with Crippen molar-refractivity contribution in [1.29, 1.82) is 0 Å². The second-order valence-corrected chi connectivity index (χ2v) is 6.08. The number of nitrogens with two attached hydrogens (primary N) is 1. The Morgan fingerprint density at radius 1 is 1.12 bits per heavy atom. The van der Waals surface area contributed by atoms with Gasteiger partial charge in [0.25, 0.3) is 0 Å². The van der Waals surface area contributed by atoms with Crippen molar-refractivity contribution in [2.45, 2.75) is 6.61 Å². The second kappa shape index (κ2) is 7.43. The number of aromatic nitrogens is 2. The lowest BCUT2D eigenvalue weighted by Gasteiger charge is -2.09. The highest BCUT2D eigenvalue weighted by Crippen LogP contribution is 2.24. The molecule has 0 unspecified atom stereocenters. The van der Waals surface area contributed by atoms with Gasteiger partial charge in [-0.15, -0.1) is 5.10 Å². The first-order chi connectivity index (χ1) is 11.6. The summed E-state index contributed by atoms with van der Waals surface area (Å²) < 4.78 is 24.7. The minimum atomic E-state index is -0.257. The van der Waals surface area contributed by atoms with E-state index in [2.05, 4.69) is 32.8 Å². The normalized spacial score (nSPS) is 11.1. The SMILES string of the molecule is Nc1nnc(/C=C/c2ccc(OCc3ccc(F)cc3)c(I)c2)o1. The summed E-state index contributed by atoms with van der Waals surface area (Å²) in [7, 11) is 0. The molecule has 2 aromatic carbocycles. The van der Waals surface area contributed by atoms with Crippen molar-refractivity contribution < 1.29 is 13.5 Å². The minimum Gasteiger partial charge on any atom is -0.488 e. The number of halogens is 2.